The Morgan fingerprint density at radius 3 is 2.94 bits per heavy atom. The lowest BCUT2D eigenvalue weighted by Crippen LogP contribution is -2.30. The summed E-state index contributed by atoms with van der Waals surface area (Å²) in [6.45, 7) is 2.77. The summed E-state index contributed by atoms with van der Waals surface area (Å²) in [6.07, 6.45) is 2.19. The van der Waals surface area contributed by atoms with Crippen LogP contribution in [0.1, 0.15) is 19.8 Å². The Morgan fingerprint density at radius 1 is 1.56 bits per heavy atom. The number of anilines is 2. The molecule has 2 unspecified atom stereocenters. The fourth-order valence-corrected chi connectivity index (χ4v) is 2.19. The molecule has 1 saturated heterocycles. The molecule has 18 heavy (non-hydrogen) atoms. The van der Waals surface area contributed by atoms with Crippen LogP contribution in [0.3, 0.4) is 0 Å². The highest BCUT2D eigenvalue weighted by molar-refractivity contribution is 5.62. The molecule has 5 heteroatoms. The smallest absolute Gasteiger partial charge is 0.148 e. The first-order valence-corrected chi connectivity index (χ1v) is 6.13. The molecule has 2 rings (SSSR count). The van der Waals surface area contributed by atoms with Gasteiger partial charge < -0.3 is 20.5 Å². The van der Waals surface area contributed by atoms with Crippen LogP contribution in [0.4, 0.5) is 15.8 Å². The van der Waals surface area contributed by atoms with E-state index >= 15 is 0 Å². The molecule has 1 heterocycles. The normalized spacial score (nSPS) is 20.7. The molecular formula is C13H19FN2O2. The molecular weight excluding hydrogens is 235 g/mol. The summed E-state index contributed by atoms with van der Waals surface area (Å²) in [6, 6.07) is 2.90. The monoisotopic (exact) mass is 254 g/mol. The van der Waals surface area contributed by atoms with Gasteiger partial charge in [0.05, 0.1) is 24.6 Å². The summed E-state index contributed by atoms with van der Waals surface area (Å²) in [4.78, 5) is 0. The molecule has 0 radical (unpaired) electrons. The molecule has 0 aliphatic carbocycles. The Morgan fingerprint density at radius 2 is 2.33 bits per heavy atom. The average molecular weight is 254 g/mol. The van der Waals surface area contributed by atoms with E-state index in [0.29, 0.717) is 17.1 Å². The summed E-state index contributed by atoms with van der Waals surface area (Å²) in [5.74, 6) is 0.0941. The Balaban J connectivity index is 2.12. The Kier molecular flexibility index (Phi) is 3.91. The fourth-order valence-electron chi connectivity index (χ4n) is 2.19. The second-order valence-electron chi connectivity index (χ2n) is 4.56. The zero-order chi connectivity index (χ0) is 13.1. The molecule has 1 aliphatic heterocycles. The molecule has 1 aromatic rings. The van der Waals surface area contributed by atoms with Crippen LogP contribution >= 0.6 is 0 Å². The molecule has 0 spiro atoms. The highest BCUT2D eigenvalue weighted by atomic mass is 19.1. The fraction of sp³-hybridized carbons (Fsp3) is 0.538. The van der Waals surface area contributed by atoms with Gasteiger partial charge in [0.25, 0.3) is 0 Å². The van der Waals surface area contributed by atoms with Crippen molar-refractivity contribution in [3.05, 3.63) is 17.9 Å². The van der Waals surface area contributed by atoms with Gasteiger partial charge in [-0.2, -0.15) is 0 Å². The first kappa shape index (κ1) is 13.0. The second kappa shape index (κ2) is 5.44. The number of hydrogen-bond donors (Lipinski definition) is 2. The van der Waals surface area contributed by atoms with Crippen molar-refractivity contribution in [2.24, 2.45) is 0 Å². The van der Waals surface area contributed by atoms with Gasteiger partial charge in [0.2, 0.25) is 0 Å². The number of hydrogen-bond acceptors (Lipinski definition) is 4. The third-order valence-electron chi connectivity index (χ3n) is 3.23. The molecule has 2 atom stereocenters. The number of rotatable bonds is 4. The van der Waals surface area contributed by atoms with Gasteiger partial charge in [-0.05, 0) is 19.8 Å². The lowest BCUT2D eigenvalue weighted by molar-refractivity contribution is 0.0996. The van der Waals surface area contributed by atoms with E-state index in [1.54, 1.807) is 6.07 Å². The van der Waals surface area contributed by atoms with Gasteiger partial charge in [-0.3, -0.25) is 0 Å². The largest absolute Gasteiger partial charge is 0.495 e. The van der Waals surface area contributed by atoms with Gasteiger partial charge in [0.1, 0.15) is 11.6 Å². The van der Waals surface area contributed by atoms with Crippen LogP contribution in [-0.4, -0.2) is 25.9 Å². The van der Waals surface area contributed by atoms with Gasteiger partial charge in [-0.25, -0.2) is 4.39 Å². The molecule has 0 saturated carbocycles. The number of benzene rings is 1. The van der Waals surface area contributed by atoms with Crippen molar-refractivity contribution in [2.45, 2.75) is 31.9 Å². The number of nitrogens with one attached hydrogen (secondary N) is 1. The summed E-state index contributed by atoms with van der Waals surface area (Å²) < 4.78 is 24.4. The Hall–Kier alpha value is -1.49. The van der Waals surface area contributed by atoms with Crippen molar-refractivity contribution in [1.82, 2.24) is 0 Å². The predicted octanol–water partition coefficient (Wildman–Crippen LogP) is 2.40. The standard InChI is InChI=1S/C13H19FN2O2/c1-8(12-4-3-5-18-12)16-11-7-13(17-2)10(15)6-9(11)14/h6-8,12,16H,3-5,15H2,1-2H3. The Labute approximate surface area is 106 Å². The number of ether oxygens (including phenoxy) is 2. The van der Waals surface area contributed by atoms with E-state index in [0.717, 1.165) is 19.4 Å². The zero-order valence-corrected chi connectivity index (χ0v) is 10.7. The van der Waals surface area contributed by atoms with E-state index in [1.165, 1.54) is 13.2 Å². The highest BCUT2D eigenvalue weighted by Crippen LogP contribution is 2.29. The van der Waals surface area contributed by atoms with Gasteiger partial charge >= 0.3 is 0 Å². The number of nitrogen functional groups attached to an aromatic ring is 1. The minimum atomic E-state index is -0.377. The maximum Gasteiger partial charge on any atom is 0.148 e. The summed E-state index contributed by atoms with van der Waals surface area (Å²) in [7, 11) is 1.51. The molecule has 0 aromatic heterocycles. The van der Waals surface area contributed by atoms with Crippen molar-refractivity contribution in [3.8, 4) is 5.75 Å². The molecule has 1 aliphatic rings. The third-order valence-corrected chi connectivity index (χ3v) is 3.23. The van der Waals surface area contributed by atoms with Gasteiger partial charge in [0.15, 0.2) is 0 Å². The van der Waals surface area contributed by atoms with E-state index in [4.69, 9.17) is 15.2 Å². The predicted molar refractivity (Wildman–Crippen MR) is 69.4 cm³/mol. The van der Waals surface area contributed by atoms with Gasteiger partial charge in [-0.15, -0.1) is 0 Å². The van der Waals surface area contributed by atoms with E-state index in [9.17, 15) is 4.39 Å². The maximum atomic E-state index is 13.8. The van der Waals surface area contributed by atoms with Crippen LogP contribution in [0.25, 0.3) is 0 Å². The number of methoxy groups -OCH3 is 1. The zero-order valence-electron chi connectivity index (χ0n) is 10.7. The number of nitrogens with two attached hydrogens (primary N) is 1. The van der Waals surface area contributed by atoms with Crippen LogP contribution in [0.5, 0.6) is 5.75 Å². The van der Waals surface area contributed by atoms with Crippen LogP contribution < -0.4 is 15.8 Å². The van der Waals surface area contributed by atoms with Gasteiger partial charge in [0, 0.05) is 24.8 Å². The molecule has 1 aromatic carbocycles. The minimum absolute atomic E-state index is 0.0512. The molecule has 3 N–H and O–H groups in total. The lowest BCUT2D eigenvalue weighted by atomic mass is 10.1. The third kappa shape index (κ3) is 2.67. The molecule has 100 valence electrons. The van der Waals surface area contributed by atoms with Crippen molar-refractivity contribution >= 4 is 11.4 Å². The van der Waals surface area contributed by atoms with E-state index in [2.05, 4.69) is 5.32 Å². The van der Waals surface area contributed by atoms with Crippen molar-refractivity contribution in [2.75, 3.05) is 24.8 Å². The molecule has 0 bridgehead atoms. The average Bonchev–Trinajstić information content (AvgIpc) is 2.86. The van der Waals surface area contributed by atoms with Gasteiger partial charge in [-0.1, -0.05) is 0 Å². The first-order valence-electron chi connectivity index (χ1n) is 6.13. The summed E-state index contributed by atoms with van der Waals surface area (Å²) >= 11 is 0. The molecule has 4 nitrogen and oxygen atoms in total. The molecule has 1 fully saturated rings. The lowest BCUT2D eigenvalue weighted by Gasteiger charge is -2.22. The highest BCUT2D eigenvalue weighted by Gasteiger charge is 2.23. The maximum absolute atomic E-state index is 13.8. The van der Waals surface area contributed by atoms with Crippen molar-refractivity contribution in [3.63, 3.8) is 0 Å². The minimum Gasteiger partial charge on any atom is -0.495 e. The summed E-state index contributed by atoms with van der Waals surface area (Å²) in [5.41, 5.74) is 6.33. The first-order chi connectivity index (χ1) is 8.61. The van der Waals surface area contributed by atoms with Crippen LogP contribution in [0.15, 0.2) is 12.1 Å². The van der Waals surface area contributed by atoms with Crippen molar-refractivity contribution < 1.29 is 13.9 Å². The quantitative estimate of drug-likeness (QED) is 0.810. The van der Waals surface area contributed by atoms with Crippen molar-refractivity contribution in [1.29, 1.82) is 0 Å². The Bertz CT molecular complexity index is 420. The van der Waals surface area contributed by atoms with E-state index in [1.807, 2.05) is 6.92 Å². The summed E-state index contributed by atoms with van der Waals surface area (Å²) in [5, 5.41) is 3.12. The van der Waals surface area contributed by atoms with E-state index in [-0.39, 0.29) is 18.0 Å². The molecule has 0 amide bonds. The van der Waals surface area contributed by atoms with Crippen LogP contribution in [0.2, 0.25) is 0 Å². The topological polar surface area (TPSA) is 56.5 Å². The van der Waals surface area contributed by atoms with Crippen LogP contribution in [-0.2, 0) is 4.74 Å². The van der Waals surface area contributed by atoms with Crippen LogP contribution in [0, 0.1) is 5.82 Å². The second-order valence-corrected chi connectivity index (χ2v) is 4.56. The number of halogens is 1. The SMILES string of the molecule is COc1cc(NC(C)C2CCCO2)c(F)cc1N. The van der Waals surface area contributed by atoms with E-state index < -0.39 is 0 Å².